The zero-order valence-corrected chi connectivity index (χ0v) is 20.0. The number of benzene rings is 1. The number of aryl methyl sites for hydroxylation is 1. The Morgan fingerprint density at radius 1 is 1.23 bits per heavy atom. The molecule has 0 fully saturated rings. The largest absolute Gasteiger partial charge is 0.463 e. The lowest BCUT2D eigenvalue weighted by Gasteiger charge is -2.24. The van der Waals surface area contributed by atoms with E-state index in [1.54, 1.807) is 18.3 Å². The Labute approximate surface area is 188 Å². The van der Waals surface area contributed by atoms with Gasteiger partial charge in [-0.15, -0.1) is 11.3 Å². The van der Waals surface area contributed by atoms with Crippen molar-refractivity contribution < 1.29 is 19.1 Å². The monoisotopic (exact) mass is 444 g/mol. The number of hydrogen-bond acceptors (Lipinski definition) is 6. The van der Waals surface area contributed by atoms with Crippen LogP contribution >= 0.6 is 11.3 Å². The van der Waals surface area contributed by atoms with Gasteiger partial charge in [-0.1, -0.05) is 29.8 Å². The summed E-state index contributed by atoms with van der Waals surface area (Å²) in [5.41, 5.74) is 5.22. The van der Waals surface area contributed by atoms with Gasteiger partial charge in [0.15, 0.2) is 0 Å². The number of rotatable bonds is 8. The van der Waals surface area contributed by atoms with Crippen molar-refractivity contribution in [1.29, 1.82) is 0 Å². The predicted molar refractivity (Wildman–Crippen MR) is 124 cm³/mol. The van der Waals surface area contributed by atoms with Gasteiger partial charge in [0, 0.05) is 6.08 Å². The van der Waals surface area contributed by atoms with Gasteiger partial charge in [-0.2, -0.15) is 0 Å². The highest BCUT2D eigenvalue weighted by molar-refractivity contribution is 7.13. The topological polar surface area (TPSA) is 77.5 Å². The van der Waals surface area contributed by atoms with Crippen LogP contribution in [0.25, 0.3) is 10.4 Å². The first kappa shape index (κ1) is 24.6. The average molecular weight is 445 g/mol. The fourth-order valence-corrected chi connectivity index (χ4v) is 3.86. The Hall–Kier alpha value is -2.67. The molecule has 2 rings (SSSR count). The van der Waals surface area contributed by atoms with Gasteiger partial charge in [-0.3, -0.25) is 0 Å². The number of allylic oxidation sites excluding steroid dienone is 1. The van der Waals surface area contributed by atoms with Crippen LogP contribution in [-0.2, 0) is 14.3 Å². The van der Waals surface area contributed by atoms with Crippen LogP contribution in [0.1, 0.15) is 64.8 Å². The van der Waals surface area contributed by atoms with Crippen molar-refractivity contribution in [3.63, 3.8) is 0 Å². The molecule has 0 aliphatic rings. The first-order valence-electron chi connectivity index (χ1n) is 10.4. The molecule has 0 saturated carbocycles. The van der Waals surface area contributed by atoms with Gasteiger partial charge in [0.05, 0.1) is 28.7 Å². The minimum atomic E-state index is -0.581. The van der Waals surface area contributed by atoms with Crippen LogP contribution in [-0.4, -0.2) is 29.3 Å². The average Bonchev–Trinajstić information content (AvgIpc) is 3.10. The van der Waals surface area contributed by atoms with Gasteiger partial charge < -0.3 is 14.8 Å². The Morgan fingerprint density at radius 2 is 1.90 bits per heavy atom. The van der Waals surface area contributed by atoms with Crippen molar-refractivity contribution in [3.05, 3.63) is 52.7 Å². The van der Waals surface area contributed by atoms with Gasteiger partial charge in [-0.05, 0) is 65.5 Å². The third-order valence-electron chi connectivity index (χ3n) is 4.49. The molecule has 2 aromatic rings. The molecular weight excluding hydrogens is 412 g/mol. The highest BCUT2D eigenvalue weighted by Crippen LogP contribution is 2.29. The summed E-state index contributed by atoms with van der Waals surface area (Å²) in [6.45, 7) is 11.5. The molecular formula is C24H32N2O4S. The fourth-order valence-electron chi connectivity index (χ4n) is 3.05. The van der Waals surface area contributed by atoms with Crippen molar-refractivity contribution in [2.75, 3.05) is 6.61 Å². The van der Waals surface area contributed by atoms with Crippen molar-refractivity contribution >= 4 is 23.4 Å². The Morgan fingerprint density at radius 3 is 2.45 bits per heavy atom. The molecule has 1 aromatic carbocycles. The van der Waals surface area contributed by atoms with Crippen LogP contribution in [0.3, 0.4) is 0 Å². The number of hydrogen-bond donors (Lipinski definition) is 1. The molecule has 31 heavy (non-hydrogen) atoms. The summed E-state index contributed by atoms with van der Waals surface area (Å²) >= 11 is 1.61. The molecule has 0 saturated heterocycles. The van der Waals surface area contributed by atoms with E-state index in [1.807, 2.05) is 64.4 Å². The third kappa shape index (κ3) is 8.17. The standard InChI is InChI=1S/C24H32N2O4S/c1-7-29-21(27)14-16(2)8-13-20(26-23(28)30-24(4,5)6)18-9-11-19(12-10-18)22-17(3)25-15-31-22/h9-12,14-15,20H,7-8,13H2,1-6H3,(H,26,28)/b16-14+/t20-/m0/s1. The maximum Gasteiger partial charge on any atom is 0.408 e. The van der Waals surface area contributed by atoms with Gasteiger partial charge in [0.25, 0.3) is 0 Å². The molecule has 1 amide bonds. The number of ether oxygens (including phenoxy) is 2. The number of aromatic nitrogens is 1. The quantitative estimate of drug-likeness (QED) is 0.401. The Balaban J connectivity index is 2.17. The molecule has 0 bridgehead atoms. The number of amides is 1. The number of carbonyl (C=O) groups is 2. The Kier molecular flexibility index (Phi) is 8.80. The van der Waals surface area contributed by atoms with E-state index >= 15 is 0 Å². The molecule has 1 atom stereocenters. The van der Waals surface area contributed by atoms with E-state index in [4.69, 9.17) is 9.47 Å². The van der Waals surface area contributed by atoms with Gasteiger partial charge >= 0.3 is 12.1 Å². The molecule has 168 valence electrons. The van der Waals surface area contributed by atoms with E-state index in [-0.39, 0.29) is 12.0 Å². The normalized spacial score (nSPS) is 12.9. The van der Waals surface area contributed by atoms with Crippen LogP contribution in [0.2, 0.25) is 0 Å². The lowest BCUT2D eigenvalue weighted by molar-refractivity contribution is -0.137. The van der Waals surface area contributed by atoms with E-state index in [0.717, 1.165) is 27.3 Å². The number of thiazole rings is 1. The second kappa shape index (κ2) is 11.1. The second-order valence-corrected chi connectivity index (χ2v) is 9.22. The summed E-state index contributed by atoms with van der Waals surface area (Å²) in [5.74, 6) is -0.346. The lowest BCUT2D eigenvalue weighted by atomic mass is 9.98. The zero-order valence-electron chi connectivity index (χ0n) is 19.2. The first-order valence-corrected chi connectivity index (χ1v) is 11.3. The minimum absolute atomic E-state index is 0.253. The van der Waals surface area contributed by atoms with Crippen molar-refractivity contribution in [1.82, 2.24) is 10.3 Å². The van der Waals surface area contributed by atoms with E-state index in [0.29, 0.717) is 19.4 Å². The molecule has 0 aliphatic carbocycles. The maximum atomic E-state index is 12.4. The molecule has 6 nitrogen and oxygen atoms in total. The number of nitrogens with zero attached hydrogens (tertiary/aromatic N) is 1. The van der Waals surface area contributed by atoms with E-state index in [1.165, 1.54) is 6.08 Å². The smallest absolute Gasteiger partial charge is 0.408 e. The maximum absolute atomic E-state index is 12.4. The minimum Gasteiger partial charge on any atom is -0.463 e. The molecule has 1 N–H and O–H groups in total. The van der Waals surface area contributed by atoms with E-state index in [2.05, 4.69) is 10.3 Å². The summed E-state index contributed by atoms with van der Waals surface area (Å²) in [6.07, 6.45) is 2.30. The molecule has 1 heterocycles. The van der Waals surface area contributed by atoms with Crippen LogP contribution in [0.4, 0.5) is 4.79 Å². The number of alkyl carbamates (subject to hydrolysis) is 1. The van der Waals surface area contributed by atoms with Gasteiger partial charge in [-0.25, -0.2) is 14.6 Å². The molecule has 7 heteroatoms. The van der Waals surface area contributed by atoms with E-state index < -0.39 is 11.7 Å². The highest BCUT2D eigenvalue weighted by atomic mass is 32.1. The van der Waals surface area contributed by atoms with Crippen LogP contribution < -0.4 is 5.32 Å². The molecule has 0 unspecified atom stereocenters. The molecule has 1 aromatic heterocycles. The van der Waals surface area contributed by atoms with Crippen LogP contribution in [0, 0.1) is 6.92 Å². The number of esters is 1. The molecule has 0 radical (unpaired) electrons. The summed E-state index contributed by atoms with van der Waals surface area (Å²) in [4.78, 5) is 29.6. The molecule has 0 spiro atoms. The van der Waals surface area contributed by atoms with Gasteiger partial charge in [0.1, 0.15) is 5.60 Å². The van der Waals surface area contributed by atoms with Gasteiger partial charge in [0.2, 0.25) is 0 Å². The predicted octanol–water partition coefficient (Wildman–Crippen LogP) is 5.97. The first-order chi connectivity index (χ1) is 14.6. The summed E-state index contributed by atoms with van der Waals surface area (Å²) < 4.78 is 10.4. The zero-order chi connectivity index (χ0) is 23.0. The lowest BCUT2D eigenvalue weighted by Crippen LogP contribution is -2.35. The van der Waals surface area contributed by atoms with Crippen molar-refractivity contribution in [2.45, 2.75) is 66.0 Å². The van der Waals surface area contributed by atoms with Crippen molar-refractivity contribution in [3.8, 4) is 10.4 Å². The number of carbonyl (C=O) groups excluding carboxylic acids is 2. The SMILES string of the molecule is CCOC(=O)/C=C(\C)CC[C@H](NC(=O)OC(C)(C)C)c1ccc(-c2scnc2C)cc1. The highest BCUT2D eigenvalue weighted by Gasteiger charge is 2.21. The summed E-state index contributed by atoms with van der Waals surface area (Å²) in [7, 11) is 0. The molecule has 0 aliphatic heterocycles. The summed E-state index contributed by atoms with van der Waals surface area (Å²) in [6, 6.07) is 7.86. The van der Waals surface area contributed by atoms with Crippen LogP contribution in [0.15, 0.2) is 41.4 Å². The number of nitrogens with one attached hydrogen (secondary N) is 1. The second-order valence-electron chi connectivity index (χ2n) is 8.37. The van der Waals surface area contributed by atoms with E-state index in [9.17, 15) is 9.59 Å². The Bertz CT molecular complexity index is 910. The van der Waals surface area contributed by atoms with Crippen LogP contribution in [0.5, 0.6) is 0 Å². The summed E-state index contributed by atoms with van der Waals surface area (Å²) in [5, 5.41) is 2.98. The fraction of sp³-hybridized carbons (Fsp3) is 0.458. The third-order valence-corrected chi connectivity index (χ3v) is 5.47. The van der Waals surface area contributed by atoms with Crippen molar-refractivity contribution in [2.24, 2.45) is 0 Å².